The highest BCUT2D eigenvalue weighted by molar-refractivity contribution is 6.03. The molecule has 3 rings (SSSR count). The van der Waals surface area contributed by atoms with Gasteiger partial charge in [0.25, 0.3) is 6.43 Å². The maximum atomic E-state index is 13.7. The van der Waals surface area contributed by atoms with Crippen molar-refractivity contribution < 1.29 is 31.9 Å². The Morgan fingerprint density at radius 3 is 2.39 bits per heavy atom. The molecule has 0 radical (unpaired) electrons. The Morgan fingerprint density at radius 2 is 1.79 bits per heavy atom. The Labute approximate surface area is 188 Å². The molecule has 2 aromatic rings. The van der Waals surface area contributed by atoms with Gasteiger partial charge in [0.2, 0.25) is 11.8 Å². The summed E-state index contributed by atoms with van der Waals surface area (Å²) in [5.74, 6) is -0.594. The van der Waals surface area contributed by atoms with Crippen molar-refractivity contribution in [1.29, 1.82) is 0 Å². The number of nitrogens with one attached hydrogen (secondary N) is 1. The number of rotatable bonds is 6. The Morgan fingerprint density at radius 1 is 1.12 bits per heavy atom. The van der Waals surface area contributed by atoms with Crippen LogP contribution < -0.4 is 15.0 Å². The van der Waals surface area contributed by atoms with Gasteiger partial charge in [0.15, 0.2) is 0 Å². The highest BCUT2D eigenvalue weighted by Crippen LogP contribution is 2.34. The van der Waals surface area contributed by atoms with E-state index in [1.807, 2.05) is 0 Å². The molecule has 0 spiro atoms. The van der Waals surface area contributed by atoms with Crippen molar-refractivity contribution >= 4 is 23.3 Å². The number of para-hydroxylation sites is 1. The second-order valence-electron chi connectivity index (χ2n) is 7.58. The van der Waals surface area contributed by atoms with Crippen LogP contribution in [-0.2, 0) is 4.79 Å². The summed E-state index contributed by atoms with van der Waals surface area (Å²) < 4.78 is 57.6. The lowest BCUT2D eigenvalue weighted by Gasteiger charge is -2.39. The van der Waals surface area contributed by atoms with Gasteiger partial charge in [-0.05, 0) is 38.0 Å². The maximum absolute atomic E-state index is 13.7. The monoisotopic (exact) mass is 468 g/mol. The molecule has 1 aliphatic heterocycles. The largest absolute Gasteiger partial charge is 0.415 e. The van der Waals surface area contributed by atoms with Gasteiger partial charge in [-0.3, -0.25) is 9.69 Å². The lowest BCUT2D eigenvalue weighted by Crippen LogP contribution is -2.50. The third kappa shape index (κ3) is 5.91. The van der Waals surface area contributed by atoms with Gasteiger partial charge in [-0.2, -0.15) is 8.78 Å². The molecule has 0 aliphatic carbocycles. The number of pyridine rings is 1. The molecule has 0 unspecified atom stereocenters. The van der Waals surface area contributed by atoms with Crippen LogP contribution in [0.4, 0.5) is 33.7 Å². The molecule has 0 saturated carbocycles. The molecule has 33 heavy (non-hydrogen) atoms. The number of amides is 3. The molecular weight excluding hydrogens is 444 g/mol. The van der Waals surface area contributed by atoms with Gasteiger partial charge >= 0.3 is 12.6 Å². The predicted molar refractivity (Wildman–Crippen MR) is 114 cm³/mol. The van der Waals surface area contributed by atoms with Crippen LogP contribution in [0.1, 0.15) is 37.4 Å². The van der Waals surface area contributed by atoms with Crippen molar-refractivity contribution in [1.82, 2.24) is 9.88 Å². The molecule has 0 bridgehead atoms. The number of carbonyl (C=O) groups is 2. The van der Waals surface area contributed by atoms with Gasteiger partial charge in [0, 0.05) is 37.3 Å². The van der Waals surface area contributed by atoms with Crippen LogP contribution in [0.3, 0.4) is 0 Å². The van der Waals surface area contributed by atoms with Gasteiger partial charge in [0.05, 0.1) is 5.69 Å². The topological polar surface area (TPSA) is 74.8 Å². The molecule has 1 saturated heterocycles. The second-order valence-corrected chi connectivity index (χ2v) is 7.58. The third-order valence-electron chi connectivity index (χ3n) is 5.37. The molecule has 1 aromatic carbocycles. The van der Waals surface area contributed by atoms with E-state index >= 15 is 0 Å². The van der Waals surface area contributed by atoms with Gasteiger partial charge in [0.1, 0.15) is 5.69 Å². The molecule has 3 amide bonds. The average molecular weight is 468 g/mol. The second kappa shape index (κ2) is 10.5. The van der Waals surface area contributed by atoms with E-state index in [9.17, 15) is 27.2 Å². The van der Waals surface area contributed by atoms with Crippen LogP contribution in [0.25, 0.3) is 0 Å². The van der Waals surface area contributed by atoms with Crippen molar-refractivity contribution in [2.75, 3.05) is 23.3 Å². The number of carbonyl (C=O) groups excluding carboxylic acids is 2. The molecule has 2 heterocycles. The first-order valence-corrected chi connectivity index (χ1v) is 10.3. The van der Waals surface area contributed by atoms with Crippen LogP contribution in [0, 0.1) is 6.92 Å². The molecule has 11 heteroatoms. The zero-order valence-electron chi connectivity index (χ0n) is 18.1. The smallest absolute Gasteiger partial charge is 0.388 e. The normalized spacial score (nSPS) is 14.5. The van der Waals surface area contributed by atoms with E-state index in [1.165, 1.54) is 48.2 Å². The molecule has 1 aliphatic rings. The van der Waals surface area contributed by atoms with E-state index in [4.69, 9.17) is 0 Å². The molecule has 1 fully saturated rings. The highest BCUT2D eigenvalue weighted by atomic mass is 19.3. The fourth-order valence-electron chi connectivity index (χ4n) is 3.78. The summed E-state index contributed by atoms with van der Waals surface area (Å²) in [6, 6.07) is 7.16. The Kier molecular flexibility index (Phi) is 7.72. The van der Waals surface area contributed by atoms with Crippen molar-refractivity contribution in [2.45, 2.75) is 45.8 Å². The third-order valence-corrected chi connectivity index (χ3v) is 5.37. The quantitative estimate of drug-likeness (QED) is 0.607. The minimum Gasteiger partial charge on any atom is -0.415 e. The number of piperidine rings is 1. The summed E-state index contributed by atoms with van der Waals surface area (Å²) in [5, 5.41) is 2.48. The van der Waals surface area contributed by atoms with Gasteiger partial charge in [-0.1, -0.05) is 18.2 Å². The number of alkyl halides is 4. The van der Waals surface area contributed by atoms with Crippen molar-refractivity contribution in [2.24, 2.45) is 0 Å². The predicted octanol–water partition coefficient (Wildman–Crippen LogP) is 4.98. The summed E-state index contributed by atoms with van der Waals surface area (Å²) in [4.78, 5) is 31.7. The Bertz CT molecular complexity index is 997. The van der Waals surface area contributed by atoms with E-state index in [-0.39, 0.29) is 22.8 Å². The molecule has 1 aromatic heterocycles. The van der Waals surface area contributed by atoms with E-state index < -0.39 is 31.0 Å². The lowest BCUT2D eigenvalue weighted by atomic mass is 10.0. The number of urea groups is 1. The summed E-state index contributed by atoms with van der Waals surface area (Å²) in [6.45, 7) is 0.546. The summed E-state index contributed by atoms with van der Waals surface area (Å²) in [5.41, 5.74) is -0.0674. The SMILES string of the molecule is CC(=O)N1CCC(N(C(=O)Nc2ccc(C)nc2OC(F)F)c2ccccc2C(F)F)CC1. The van der Waals surface area contributed by atoms with Crippen LogP contribution >= 0.6 is 0 Å². The summed E-state index contributed by atoms with van der Waals surface area (Å²) in [7, 11) is 0. The average Bonchev–Trinajstić information content (AvgIpc) is 2.76. The van der Waals surface area contributed by atoms with Crippen LogP contribution in [0.15, 0.2) is 36.4 Å². The number of ether oxygens (including phenoxy) is 1. The fourth-order valence-corrected chi connectivity index (χ4v) is 3.78. The number of benzene rings is 1. The minimum atomic E-state index is -3.17. The molecule has 7 nitrogen and oxygen atoms in total. The van der Waals surface area contributed by atoms with Crippen LogP contribution in [0.5, 0.6) is 5.88 Å². The molecule has 178 valence electrons. The molecule has 0 atom stereocenters. The van der Waals surface area contributed by atoms with Gasteiger partial charge in [-0.15, -0.1) is 0 Å². The van der Waals surface area contributed by atoms with Crippen LogP contribution in [0.2, 0.25) is 0 Å². The van der Waals surface area contributed by atoms with Crippen molar-refractivity contribution in [3.63, 3.8) is 0 Å². The zero-order valence-corrected chi connectivity index (χ0v) is 18.1. The van der Waals surface area contributed by atoms with Crippen molar-refractivity contribution in [3.05, 3.63) is 47.7 Å². The Balaban J connectivity index is 1.95. The number of hydrogen-bond acceptors (Lipinski definition) is 4. The number of hydrogen-bond donors (Lipinski definition) is 1. The number of likely N-dealkylation sites (tertiary alicyclic amines) is 1. The first kappa shape index (κ1) is 24.3. The van der Waals surface area contributed by atoms with Crippen LogP contribution in [-0.4, -0.2) is 47.6 Å². The Hall–Kier alpha value is -3.37. The number of nitrogens with zero attached hydrogens (tertiary/aromatic N) is 3. The first-order valence-electron chi connectivity index (χ1n) is 10.3. The number of anilines is 2. The van der Waals surface area contributed by atoms with E-state index in [0.29, 0.717) is 31.6 Å². The zero-order chi connectivity index (χ0) is 24.1. The first-order chi connectivity index (χ1) is 15.7. The van der Waals surface area contributed by atoms with Crippen molar-refractivity contribution in [3.8, 4) is 5.88 Å². The fraction of sp³-hybridized carbons (Fsp3) is 0.409. The standard InChI is InChI=1S/C22H24F4N4O3/c1-13-7-8-17(20(27-13)33-21(25)26)28-22(32)30(15-9-11-29(12-10-15)14(2)31)18-6-4-3-5-16(18)19(23)24/h3-8,15,19,21H,9-12H2,1-2H3,(H,28,32). The van der Waals surface area contributed by atoms with E-state index in [2.05, 4.69) is 15.0 Å². The number of halogens is 4. The van der Waals surface area contributed by atoms with E-state index in [1.54, 1.807) is 11.8 Å². The highest BCUT2D eigenvalue weighted by Gasteiger charge is 2.33. The molecular formula is C22H24F4N4O3. The van der Waals surface area contributed by atoms with E-state index in [0.717, 1.165) is 0 Å². The summed E-state index contributed by atoms with van der Waals surface area (Å²) >= 11 is 0. The van der Waals surface area contributed by atoms with Gasteiger partial charge in [-0.25, -0.2) is 18.6 Å². The lowest BCUT2D eigenvalue weighted by molar-refractivity contribution is -0.129. The summed E-state index contributed by atoms with van der Waals surface area (Å²) in [6.07, 6.45) is -2.12. The molecule has 1 N–H and O–H groups in total. The number of aromatic nitrogens is 1. The minimum absolute atomic E-state index is 0.00248. The maximum Gasteiger partial charge on any atom is 0.388 e. The number of aryl methyl sites for hydroxylation is 1. The van der Waals surface area contributed by atoms with Gasteiger partial charge < -0.3 is 15.0 Å².